The van der Waals surface area contributed by atoms with Crippen molar-refractivity contribution in [2.24, 2.45) is 5.73 Å². The average Bonchev–Trinajstić information content (AvgIpc) is 2.26. The highest BCUT2D eigenvalue weighted by atomic mass is 16.5. The Kier molecular flexibility index (Phi) is 4.20. The van der Waals surface area contributed by atoms with Crippen LogP contribution >= 0.6 is 0 Å². The number of rotatable bonds is 4. The zero-order chi connectivity index (χ0) is 10.4. The predicted octanol–water partition coefficient (Wildman–Crippen LogP) is 2.45. The van der Waals surface area contributed by atoms with Crippen molar-refractivity contribution in [1.82, 2.24) is 0 Å². The van der Waals surface area contributed by atoms with Crippen molar-refractivity contribution in [3.8, 4) is 5.75 Å². The smallest absolute Gasteiger partial charge is 0.118 e. The molecule has 0 unspecified atom stereocenters. The number of methoxy groups -OCH3 is 1. The lowest BCUT2D eigenvalue weighted by Crippen LogP contribution is -1.95. The van der Waals surface area contributed by atoms with Crippen LogP contribution in [0.2, 0.25) is 0 Å². The van der Waals surface area contributed by atoms with Crippen LogP contribution < -0.4 is 10.5 Å². The number of benzene rings is 1. The summed E-state index contributed by atoms with van der Waals surface area (Å²) in [4.78, 5) is 0. The Balaban J connectivity index is 2.76. The molecule has 0 saturated heterocycles. The van der Waals surface area contributed by atoms with E-state index in [0.717, 1.165) is 12.2 Å². The summed E-state index contributed by atoms with van der Waals surface area (Å²) in [5.74, 6) is 0.889. The summed E-state index contributed by atoms with van der Waals surface area (Å²) >= 11 is 0. The van der Waals surface area contributed by atoms with Crippen molar-refractivity contribution in [3.63, 3.8) is 0 Å². The summed E-state index contributed by atoms with van der Waals surface area (Å²) < 4.78 is 5.09. The summed E-state index contributed by atoms with van der Waals surface area (Å²) in [6.45, 7) is 2.80. The maximum absolute atomic E-state index is 5.44. The fourth-order valence-corrected chi connectivity index (χ4v) is 1.27. The quantitative estimate of drug-likeness (QED) is 0.793. The fourth-order valence-electron chi connectivity index (χ4n) is 1.27. The number of hydrogen-bond acceptors (Lipinski definition) is 2. The molecule has 2 N–H and O–H groups in total. The van der Waals surface area contributed by atoms with E-state index >= 15 is 0 Å². The SMILES string of the molecule is COc1ccc(/C(C)=C/CCN)cc1. The van der Waals surface area contributed by atoms with Gasteiger partial charge in [-0.15, -0.1) is 0 Å². The molecule has 0 spiro atoms. The zero-order valence-electron chi connectivity index (χ0n) is 8.79. The fraction of sp³-hybridized carbons (Fsp3) is 0.333. The summed E-state index contributed by atoms with van der Waals surface area (Å²) in [6, 6.07) is 8.05. The number of nitrogens with two attached hydrogens (primary N) is 1. The van der Waals surface area contributed by atoms with Crippen LogP contribution in [-0.2, 0) is 0 Å². The van der Waals surface area contributed by atoms with Crippen LogP contribution in [0.15, 0.2) is 30.3 Å². The molecule has 76 valence electrons. The van der Waals surface area contributed by atoms with Gasteiger partial charge in [0.2, 0.25) is 0 Å². The van der Waals surface area contributed by atoms with Gasteiger partial charge in [0.25, 0.3) is 0 Å². The number of allylic oxidation sites excluding steroid dienone is 1. The summed E-state index contributed by atoms with van der Waals surface area (Å²) in [5.41, 5.74) is 7.92. The second kappa shape index (κ2) is 5.45. The molecule has 0 atom stereocenters. The van der Waals surface area contributed by atoms with E-state index in [0.29, 0.717) is 6.54 Å². The molecular formula is C12H17NO. The van der Waals surface area contributed by atoms with Crippen LogP contribution in [0.5, 0.6) is 5.75 Å². The maximum atomic E-state index is 5.44. The molecule has 0 amide bonds. The largest absolute Gasteiger partial charge is 0.497 e. The van der Waals surface area contributed by atoms with Crippen molar-refractivity contribution < 1.29 is 4.74 Å². The van der Waals surface area contributed by atoms with Gasteiger partial charge in [-0.25, -0.2) is 0 Å². The molecule has 0 saturated carbocycles. The normalized spacial score (nSPS) is 11.5. The topological polar surface area (TPSA) is 35.2 Å². The van der Waals surface area contributed by atoms with Gasteiger partial charge < -0.3 is 10.5 Å². The van der Waals surface area contributed by atoms with Crippen LogP contribution in [0.3, 0.4) is 0 Å². The lowest BCUT2D eigenvalue weighted by Gasteiger charge is -2.03. The van der Waals surface area contributed by atoms with Crippen LogP contribution in [0.1, 0.15) is 18.9 Å². The molecule has 0 aliphatic rings. The van der Waals surface area contributed by atoms with Gasteiger partial charge in [-0.1, -0.05) is 18.2 Å². The van der Waals surface area contributed by atoms with Crippen LogP contribution in [0, 0.1) is 0 Å². The molecule has 0 aliphatic heterocycles. The van der Waals surface area contributed by atoms with E-state index in [1.807, 2.05) is 12.1 Å². The molecule has 0 bridgehead atoms. The molecule has 2 nitrogen and oxygen atoms in total. The molecular weight excluding hydrogens is 174 g/mol. The predicted molar refractivity (Wildman–Crippen MR) is 60.3 cm³/mol. The minimum Gasteiger partial charge on any atom is -0.497 e. The zero-order valence-corrected chi connectivity index (χ0v) is 8.79. The van der Waals surface area contributed by atoms with Crippen molar-refractivity contribution in [3.05, 3.63) is 35.9 Å². The average molecular weight is 191 g/mol. The summed E-state index contributed by atoms with van der Waals surface area (Å²) in [6.07, 6.45) is 3.08. The second-order valence-electron chi connectivity index (χ2n) is 3.19. The van der Waals surface area contributed by atoms with Gasteiger partial charge in [-0.3, -0.25) is 0 Å². The Bertz CT molecular complexity index is 301. The Labute approximate surface area is 85.4 Å². The highest BCUT2D eigenvalue weighted by molar-refractivity contribution is 5.64. The summed E-state index contributed by atoms with van der Waals surface area (Å²) in [5, 5.41) is 0. The first-order valence-electron chi connectivity index (χ1n) is 4.79. The lowest BCUT2D eigenvalue weighted by molar-refractivity contribution is 0.415. The molecule has 2 heteroatoms. The van der Waals surface area contributed by atoms with E-state index < -0.39 is 0 Å². The van der Waals surface area contributed by atoms with E-state index in [9.17, 15) is 0 Å². The van der Waals surface area contributed by atoms with Gasteiger partial charge >= 0.3 is 0 Å². The lowest BCUT2D eigenvalue weighted by atomic mass is 10.1. The van der Waals surface area contributed by atoms with E-state index in [1.54, 1.807) is 7.11 Å². The molecule has 0 aromatic heterocycles. The molecule has 1 rings (SSSR count). The first kappa shape index (κ1) is 10.8. The van der Waals surface area contributed by atoms with Crippen LogP contribution in [0.4, 0.5) is 0 Å². The third-order valence-corrected chi connectivity index (χ3v) is 2.16. The third-order valence-electron chi connectivity index (χ3n) is 2.16. The molecule has 1 aromatic carbocycles. The molecule has 1 aromatic rings. The van der Waals surface area contributed by atoms with Crippen LogP contribution in [-0.4, -0.2) is 13.7 Å². The minimum atomic E-state index is 0.702. The van der Waals surface area contributed by atoms with Crippen molar-refractivity contribution in [2.45, 2.75) is 13.3 Å². The van der Waals surface area contributed by atoms with E-state index in [1.165, 1.54) is 11.1 Å². The Morgan fingerprint density at radius 1 is 1.36 bits per heavy atom. The standard InChI is InChI=1S/C12H17NO/c1-10(4-3-9-13)11-5-7-12(14-2)8-6-11/h4-8H,3,9,13H2,1-2H3/b10-4+. The van der Waals surface area contributed by atoms with Crippen molar-refractivity contribution in [2.75, 3.05) is 13.7 Å². The maximum Gasteiger partial charge on any atom is 0.118 e. The van der Waals surface area contributed by atoms with Crippen molar-refractivity contribution >= 4 is 5.57 Å². The van der Waals surface area contributed by atoms with Gasteiger partial charge in [0.1, 0.15) is 5.75 Å². The highest BCUT2D eigenvalue weighted by Gasteiger charge is 1.95. The van der Waals surface area contributed by atoms with Crippen LogP contribution in [0.25, 0.3) is 5.57 Å². The van der Waals surface area contributed by atoms with Gasteiger partial charge in [-0.2, -0.15) is 0 Å². The Hall–Kier alpha value is -1.28. The van der Waals surface area contributed by atoms with Gasteiger partial charge in [0, 0.05) is 0 Å². The molecule has 0 aliphatic carbocycles. The molecule has 0 radical (unpaired) electrons. The van der Waals surface area contributed by atoms with E-state index in [4.69, 9.17) is 10.5 Å². The van der Waals surface area contributed by atoms with Crippen molar-refractivity contribution in [1.29, 1.82) is 0 Å². The molecule has 0 fully saturated rings. The number of ether oxygens (including phenoxy) is 1. The van der Waals surface area contributed by atoms with Gasteiger partial charge in [-0.05, 0) is 43.2 Å². The first-order chi connectivity index (χ1) is 6.77. The first-order valence-corrected chi connectivity index (χ1v) is 4.79. The summed E-state index contributed by atoms with van der Waals surface area (Å²) in [7, 11) is 1.67. The monoisotopic (exact) mass is 191 g/mol. The second-order valence-corrected chi connectivity index (χ2v) is 3.19. The molecule has 14 heavy (non-hydrogen) atoms. The highest BCUT2D eigenvalue weighted by Crippen LogP contribution is 2.18. The van der Waals surface area contributed by atoms with E-state index in [-0.39, 0.29) is 0 Å². The number of hydrogen-bond donors (Lipinski definition) is 1. The Morgan fingerprint density at radius 3 is 2.50 bits per heavy atom. The Morgan fingerprint density at radius 2 is 2.00 bits per heavy atom. The third kappa shape index (κ3) is 2.89. The van der Waals surface area contributed by atoms with E-state index in [2.05, 4.69) is 25.1 Å². The van der Waals surface area contributed by atoms with Gasteiger partial charge in [0.05, 0.1) is 7.11 Å². The minimum absolute atomic E-state index is 0.702. The molecule has 0 heterocycles. The van der Waals surface area contributed by atoms with Gasteiger partial charge in [0.15, 0.2) is 0 Å².